The summed E-state index contributed by atoms with van der Waals surface area (Å²) in [5, 5.41) is 15.4. The van der Waals surface area contributed by atoms with Crippen LogP contribution in [-0.4, -0.2) is 20.2 Å². The molecular weight excluding hydrogens is 378 g/mol. The highest BCUT2D eigenvalue weighted by Crippen LogP contribution is 2.39. The Labute approximate surface area is 164 Å². The van der Waals surface area contributed by atoms with Crippen molar-refractivity contribution >= 4 is 55.4 Å². The van der Waals surface area contributed by atoms with E-state index in [9.17, 15) is 0 Å². The van der Waals surface area contributed by atoms with Crippen LogP contribution in [0.3, 0.4) is 0 Å². The van der Waals surface area contributed by atoms with Gasteiger partial charge in [0.1, 0.15) is 12.1 Å². The molecule has 5 nitrogen and oxygen atoms in total. The SMILES string of the molecule is Cc1cccc(Cl)c1Nc1nc2c(-c3ncn[nH]3)cccc2c2ccsc12. The minimum absolute atomic E-state index is 0.671. The number of benzene rings is 2. The van der Waals surface area contributed by atoms with Crippen LogP contribution in [0.15, 0.2) is 54.2 Å². The fourth-order valence-corrected chi connectivity index (χ4v) is 4.39. The zero-order valence-corrected chi connectivity index (χ0v) is 15.9. The Morgan fingerprint density at radius 1 is 1.07 bits per heavy atom. The predicted octanol–water partition coefficient (Wildman–Crippen LogP) is 5.94. The number of aromatic amines is 1. The van der Waals surface area contributed by atoms with Crippen molar-refractivity contribution in [2.45, 2.75) is 6.92 Å². The summed E-state index contributed by atoms with van der Waals surface area (Å²) in [7, 11) is 0. The highest BCUT2D eigenvalue weighted by Gasteiger charge is 2.16. The van der Waals surface area contributed by atoms with Crippen LogP contribution < -0.4 is 5.32 Å². The summed E-state index contributed by atoms with van der Waals surface area (Å²) < 4.78 is 1.09. The number of halogens is 1. The highest BCUT2D eigenvalue weighted by molar-refractivity contribution is 7.18. The minimum atomic E-state index is 0.671. The van der Waals surface area contributed by atoms with Gasteiger partial charge < -0.3 is 5.32 Å². The van der Waals surface area contributed by atoms with E-state index in [2.05, 4.69) is 38.0 Å². The molecule has 5 aromatic rings. The standard InChI is InChI=1S/C20H14ClN5S/c1-11-4-2-7-15(21)16(11)24-20-18-13(8-9-27-18)12-5-3-6-14(17(12)25-20)19-22-10-23-26-19/h2-10H,1H3,(H,24,25)(H,22,23,26). The number of fused-ring (bicyclic) bond motifs is 3. The van der Waals surface area contributed by atoms with E-state index in [4.69, 9.17) is 16.6 Å². The third kappa shape index (κ3) is 2.65. The molecule has 0 radical (unpaired) electrons. The smallest absolute Gasteiger partial charge is 0.157 e. The van der Waals surface area contributed by atoms with Crippen LogP contribution in [0.2, 0.25) is 5.02 Å². The molecule has 0 saturated carbocycles. The molecule has 0 fully saturated rings. The largest absolute Gasteiger partial charge is 0.338 e. The number of nitrogens with zero attached hydrogens (tertiary/aromatic N) is 3. The molecule has 0 aliphatic carbocycles. The summed E-state index contributed by atoms with van der Waals surface area (Å²) in [6.07, 6.45) is 1.50. The fourth-order valence-electron chi connectivity index (χ4n) is 3.27. The van der Waals surface area contributed by atoms with Gasteiger partial charge in [-0.15, -0.1) is 11.3 Å². The number of aryl methyl sites for hydroxylation is 1. The summed E-state index contributed by atoms with van der Waals surface area (Å²) in [5.41, 5.74) is 3.72. The van der Waals surface area contributed by atoms with E-state index in [1.165, 1.54) is 6.33 Å². The maximum atomic E-state index is 6.43. The Hall–Kier alpha value is -2.96. The molecule has 3 aromatic heterocycles. The molecule has 0 aliphatic heterocycles. The highest BCUT2D eigenvalue weighted by atomic mass is 35.5. The molecule has 3 heterocycles. The van der Waals surface area contributed by atoms with Gasteiger partial charge in [-0.2, -0.15) is 5.10 Å². The van der Waals surface area contributed by atoms with Crippen LogP contribution in [0.25, 0.3) is 32.4 Å². The second-order valence-corrected chi connectivity index (χ2v) is 7.54. The average Bonchev–Trinajstić information content (AvgIpc) is 3.36. The number of pyridine rings is 1. The van der Waals surface area contributed by atoms with Crippen LogP contribution >= 0.6 is 22.9 Å². The van der Waals surface area contributed by atoms with E-state index >= 15 is 0 Å². The van der Waals surface area contributed by atoms with Gasteiger partial charge in [-0.1, -0.05) is 35.9 Å². The Morgan fingerprint density at radius 3 is 2.78 bits per heavy atom. The molecule has 5 rings (SSSR count). The van der Waals surface area contributed by atoms with Crippen molar-refractivity contribution in [2.75, 3.05) is 5.32 Å². The van der Waals surface area contributed by atoms with Gasteiger partial charge in [-0.25, -0.2) is 9.97 Å². The number of aromatic nitrogens is 4. The van der Waals surface area contributed by atoms with Crippen LogP contribution in [0.5, 0.6) is 0 Å². The number of hydrogen-bond donors (Lipinski definition) is 2. The number of anilines is 2. The van der Waals surface area contributed by atoms with Gasteiger partial charge in [-0.05, 0) is 36.1 Å². The molecule has 0 spiro atoms. The van der Waals surface area contributed by atoms with Crippen molar-refractivity contribution in [1.29, 1.82) is 0 Å². The maximum Gasteiger partial charge on any atom is 0.157 e. The first-order chi connectivity index (χ1) is 13.2. The first-order valence-electron chi connectivity index (χ1n) is 8.40. The molecule has 27 heavy (non-hydrogen) atoms. The van der Waals surface area contributed by atoms with Gasteiger partial charge in [-0.3, -0.25) is 5.10 Å². The summed E-state index contributed by atoms with van der Waals surface area (Å²) in [6, 6.07) is 14.1. The van der Waals surface area contributed by atoms with Crippen LogP contribution in [0, 0.1) is 6.92 Å². The molecule has 0 unspecified atom stereocenters. The van der Waals surface area contributed by atoms with Crippen molar-refractivity contribution in [3.05, 3.63) is 64.8 Å². The number of hydrogen-bond acceptors (Lipinski definition) is 5. The first kappa shape index (κ1) is 16.2. The van der Waals surface area contributed by atoms with Gasteiger partial charge in [0.15, 0.2) is 5.82 Å². The first-order valence-corrected chi connectivity index (χ1v) is 9.66. The Bertz CT molecular complexity index is 1260. The Morgan fingerprint density at radius 2 is 1.96 bits per heavy atom. The van der Waals surface area contributed by atoms with Crippen LogP contribution in [0.4, 0.5) is 11.5 Å². The molecule has 2 aromatic carbocycles. The van der Waals surface area contributed by atoms with Gasteiger partial charge in [0.2, 0.25) is 0 Å². The maximum absolute atomic E-state index is 6.43. The zero-order chi connectivity index (χ0) is 18.4. The lowest BCUT2D eigenvalue weighted by molar-refractivity contribution is 1.10. The van der Waals surface area contributed by atoms with Gasteiger partial charge in [0, 0.05) is 16.3 Å². The van der Waals surface area contributed by atoms with E-state index in [1.54, 1.807) is 11.3 Å². The number of H-pyrrole nitrogens is 1. The average molecular weight is 392 g/mol. The second kappa shape index (κ2) is 6.33. The predicted molar refractivity (Wildman–Crippen MR) is 112 cm³/mol. The third-order valence-electron chi connectivity index (χ3n) is 4.57. The lowest BCUT2D eigenvalue weighted by Crippen LogP contribution is -1.98. The zero-order valence-electron chi connectivity index (χ0n) is 14.3. The molecule has 0 atom stereocenters. The molecule has 7 heteroatoms. The number of thiophene rings is 1. The molecule has 2 N–H and O–H groups in total. The van der Waals surface area contributed by atoms with Crippen molar-refractivity contribution in [3.8, 4) is 11.4 Å². The van der Waals surface area contributed by atoms with Gasteiger partial charge in [0.05, 0.1) is 20.9 Å². The quantitative estimate of drug-likeness (QED) is 0.399. The van der Waals surface area contributed by atoms with Gasteiger partial charge >= 0.3 is 0 Å². The molecule has 0 saturated heterocycles. The second-order valence-electron chi connectivity index (χ2n) is 6.22. The molecular formula is C20H14ClN5S. The van der Waals surface area contributed by atoms with E-state index in [1.807, 2.05) is 37.3 Å². The monoisotopic (exact) mass is 391 g/mol. The Balaban J connectivity index is 1.79. The third-order valence-corrected chi connectivity index (χ3v) is 5.80. The van der Waals surface area contributed by atoms with Crippen molar-refractivity contribution in [3.63, 3.8) is 0 Å². The lowest BCUT2D eigenvalue weighted by Gasteiger charge is -2.13. The summed E-state index contributed by atoms with van der Waals surface area (Å²) >= 11 is 8.08. The number of nitrogens with one attached hydrogen (secondary N) is 2. The molecule has 0 amide bonds. The van der Waals surface area contributed by atoms with Gasteiger partial charge in [0.25, 0.3) is 0 Å². The fraction of sp³-hybridized carbons (Fsp3) is 0.0500. The summed E-state index contributed by atoms with van der Waals surface area (Å²) in [6.45, 7) is 2.03. The lowest BCUT2D eigenvalue weighted by atomic mass is 10.1. The van der Waals surface area contributed by atoms with E-state index < -0.39 is 0 Å². The molecule has 0 aliphatic rings. The van der Waals surface area contributed by atoms with E-state index in [0.29, 0.717) is 10.8 Å². The number of para-hydroxylation sites is 2. The molecule has 0 bridgehead atoms. The van der Waals surface area contributed by atoms with Crippen LogP contribution in [0.1, 0.15) is 5.56 Å². The Kier molecular flexibility index (Phi) is 3.81. The molecule has 132 valence electrons. The van der Waals surface area contributed by atoms with Crippen molar-refractivity contribution in [2.24, 2.45) is 0 Å². The minimum Gasteiger partial charge on any atom is -0.338 e. The summed E-state index contributed by atoms with van der Waals surface area (Å²) in [5.74, 6) is 1.48. The van der Waals surface area contributed by atoms with Crippen LogP contribution in [-0.2, 0) is 0 Å². The summed E-state index contributed by atoms with van der Waals surface area (Å²) in [4.78, 5) is 9.26. The van der Waals surface area contributed by atoms with E-state index in [0.717, 1.165) is 43.6 Å². The normalized spacial score (nSPS) is 11.3. The van der Waals surface area contributed by atoms with Crippen molar-refractivity contribution in [1.82, 2.24) is 20.2 Å². The topological polar surface area (TPSA) is 66.5 Å². The van der Waals surface area contributed by atoms with Crippen molar-refractivity contribution < 1.29 is 0 Å². The van der Waals surface area contributed by atoms with E-state index in [-0.39, 0.29) is 0 Å². The number of rotatable bonds is 3.